The summed E-state index contributed by atoms with van der Waals surface area (Å²) in [4.78, 5) is 39.5. The number of non-ortho nitro benzene ring substituents is 1. The van der Waals surface area contributed by atoms with Crippen molar-refractivity contribution in [1.29, 1.82) is 0 Å². The summed E-state index contributed by atoms with van der Waals surface area (Å²) in [5.74, 6) is 0. The second-order valence-corrected chi connectivity index (χ2v) is 7.71. The number of nitro benzene ring substituents is 1. The molecule has 0 amide bonds. The van der Waals surface area contributed by atoms with Crippen molar-refractivity contribution in [3.8, 4) is 0 Å². The Hall–Kier alpha value is -3.49. The number of hydrogen-bond donors (Lipinski definition) is 0. The van der Waals surface area contributed by atoms with E-state index in [0.717, 1.165) is 16.2 Å². The van der Waals surface area contributed by atoms with E-state index in [4.69, 9.17) is 0 Å². The third-order valence-corrected chi connectivity index (χ3v) is 5.61. The lowest BCUT2D eigenvalue weighted by Crippen LogP contribution is -2.39. The molecule has 0 aliphatic rings. The van der Waals surface area contributed by atoms with E-state index in [1.807, 2.05) is 55.4 Å². The third kappa shape index (κ3) is 2.95. The second-order valence-electron chi connectivity index (χ2n) is 7.71. The van der Waals surface area contributed by atoms with Crippen molar-refractivity contribution in [3.63, 3.8) is 0 Å². The molecule has 9 heteroatoms. The lowest BCUT2D eigenvalue weighted by molar-refractivity contribution is -0.384. The Morgan fingerprint density at radius 1 is 1.00 bits per heavy atom. The average Bonchev–Trinajstić information content (AvgIpc) is 3.06. The first-order chi connectivity index (χ1) is 14.4. The largest absolute Gasteiger partial charge is 0.336 e. The van der Waals surface area contributed by atoms with Crippen LogP contribution in [-0.2, 0) is 6.54 Å². The zero-order valence-electron chi connectivity index (χ0n) is 16.9. The Bertz CT molecular complexity index is 1600. The Balaban J connectivity index is 0.00000231. The lowest BCUT2D eigenvalue weighted by atomic mass is 10.0. The molecular weight excluding hydrogens is 420 g/mol. The van der Waals surface area contributed by atoms with Crippen LogP contribution in [0.25, 0.3) is 38.0 Å². The van der Waals surface area contributed by atoms with Gasteiger partial charge >= 0.3 is 5.69 Å². The molecule has 0 N–H and O–H groups in total. The molecule has 5 aromatic rings. The molecule has 31 heavy (non-hydrogen) atoms. The maximum Gasteiger partial charge on any atom is 0.336 e. The number of fused-ring (bicyclic) bond motifs is 5. The molecule has 0 radical (unpaired) electrons. The van der Waals surface area contributed by atoms with Gasteiger partial charge in [0.2, 0.25) is 0 Å². The van der Waals surface area contributed by atoms with Crippen LogP contribution >= 0.6 is 12.4 Å². The summed E-state index contributed by atoms with van der Waals surface area (Å²) in [6.07, 6.45) is 0. The molecule has 158 valence electrons. The van der Waals surface area contributed by atoms with E-state index in [2.05, 4.69) is 0 Å². The van der Waals surface area contributed by atoms with Crippen LogP contribution in [0.15, 0.2) is 58.1 Å². The average molecular weight is 439 g/mol. The van der Waals surface area contributed by atoms with Crippen LogP contribution in [0.4, 0.5) is 5.69 Å². The minimum atomic E-state index is -0.504. The van der Waals surface area contributed by atoms with Gasteiger partial charge in [-0.15, -0.1) is 12.4 Å². The first kappa shape index (κ1) is 20.8. The number of aromatic nitrogens is 2. The van der Waals surface area contributed by atoms with Gasteiger partial charge in [0.1, 0.15) is 0 Å². The number of likely N-dealkylation sites (N-methyl/N-ethyl adjacent to an activating group) is 1. The molecule has 0 aliphatic heterocycles. The lowest BCUT2D eigenvalue weighted by Gasteiger charge is -2.12. The number of hydrogen-bond acceptors (Lipinski definition) is 5. The molecule has 2 aromatic heterocycles. The van der Waals surface area contributed by atoms with Crippen LogP contribution in [0.2, 0.25) is 0 Å². The predicted molar refractivity (Wildman–Crippen MR) is 124 cm³/mol. The molecule has 0 fully saturated rings. The van der Waals surface area contributed by atoms with Crippen molar-refractivity contribution in [2.24, 2.45) is 0 Å². The summed E-state index contributed by atoms with van der Waals surface area (Å²) in [6, 6.07) is 14.2. The molecule has 8 nitrogen and oxygen atoms in total. The molecule has 0 aliphatic carbocycles. The summed E-state index contributed by atoms with van der Waals surface area (Å²) < 4.78 is 2.69. The van der Waals surface area contributed by atoms with Crippen LogP contribution in [0.1, 0.15) is 0 Å². The van der Waals surface area contributed by atoms with Crippen LogP contribution in [-0.4, -0.2) is 39.4 Å². The molecule has 0 saturated heterocycles. The van der Waals surface area contributed by atoms with E-state index in [1.165, 1.54) is 21.1 Å². The zero-order chi connectivity index (χ0) is 21.2. The number of nitrogens with zero attached hydrogens (tertiary/aromatic N) is 4. The zero-order valence-corrected chi connectivity index (χ0v) is 17.7. The van der Waals surface area contributed by atoms with E-state index in [9.17, 15) is 19.7 Å². The Labute approximate surface area is 181 Å². The minimum absolute atomic E-state index is 0. The smallest absolute Gasteiger partial charge is 0.308 e. The highest BCUT2D eigenvalue weighted by molar-refractivity contribution is 6.23. The van der Waals surface area contributed by atoms with E-state index in [-0.39, 0.29) is 30.0 Å². The molecule has 3 aromatic carbocycles. The molecule has 2 heterocycles. The van der Waals surface area contributed by atoms with Gasteiger partial charge in [-0.1, -0.05) is 30.3 Å². The van der Waals surface area contributed by atoms with Gasteiger partial charge in [-0.2, -0.15) is 0 Å². The van der Waals surface area contributed by atoms with E-state index < -0.39 is 16.2 Å². The standard InChI is InChI=1S/C22H18N4O4.ClH/c1-23(2)9-10-24-21(27)17-12-14(26(29)30)11-16-19-15-6-4-3-5-13(15)7-8-18(19)25(20(16)17)22(24)28;/h3-8,11-12H,9-10H2,1-2H3;1H. The summed E-state index contributed by atoms with van der Waals surface area (Å²) in [7, 11) is 3.71. The van der Waals surface area contributed by atoms with Gasteiger partial charge in [0, 0.05) is 36.0 Å². The van der Waals surface area contributed by atoms with Crippen molar-refractivity contribution in [2.45, 2.75) is 6.54 Å². The topological polar surface area (TPSA) is 89.9 Å². The quantitative estimate of drug-likeness (QED) is 0.317. The van der Waals surface area contributed by atoms with Crippen molar-refractivity contribution >= 4 is 56.1 Å². The van der Waals surface area contributed by atoms with Gasteiger partial charge in [-0.3, -0.25) is 23.9 Å². The van der Waals surface area contributed by atoms with Crippen LogP contribution in [0.5, 0.6) is 0 Å². The fraction of sp³-hybridized carbons (Fsp3) is 0.182. The maximum atomic E-state index is 13.4. The highest BCUT2D eigenvalue weighted by atomic mass is 35.5. The second kappa shape index (κ2) is 7.33. The molecule has 0 bridgehead atoms. The van der Waals surface area contributed by atoms with Gasteiger partial charge in [-0.05, 0) is 30.9 Å². The summed E-state index contributed by atoms with van der Waals surface area (Å²) in [5.41, 5.74) is -0.0331. The van der Waals surface area contributed by atoms with Crippen LogP contribution in [0.3, 0.4) is 0 Å². The molecule has 0 spiro atoms. The first-order valence-electron chi connectivity index (χ1n) is 9.53. The van der Waals surface area contributed by atoms with Crippen molar-refractivity contribution in [2.75, 3.05) is 20.6 Å². The summed E-state index contributed by atoms with van der Waals surface area (Å²) in [5, 5.41) is 14.9. The molecular formula is C22H19ClN4O4. The van der Waals surface area contributed by atoms with Crippen molar-refractivity contribution < 1.29 is 4.92 Å². The fourth-order valence-electron chi connectivity index (χ4n) is 4.22. The fourth-order valence-corrected chi connectivity index (χ4v) is 4.22. The predicted octanol–water partition coefficient (Wildman–Crippen LogP) is 3.25. The number of halogens is 1. The van der Waals surface area contributed by atoms with Gasteiger partial charge in [0.25, 0.3) is 11.2 Å². The summed E-state index contributed by atoms with van der Waals surface area (Å²) in [6.45, 7) is 0.689. The molecule has 0 atom stereocenters. The van der Waals surface area contributed by atoms with Gasteiger partial charge in [0.15, 0.2) is 0 Å². The SMILES string of the molecule is CN(C)CCn1c(=O)c2cc([N+](=O)[O-])cc3c4c5ccccc5ccc4n(c1=O)c23.Cl. The van der Waals surface area contributed by atoms with Crippen LogP contribution < -0.4 is 11.2 Å². The Morgan fingerprint density at radius 2 is 1.71 bits per heavy atom. The number of rotatable bonds is 4. The highest BCUT2D eigenvalue weighted by Crippen LogP contribution is 2.36. The Morgan fingerprint density at radius 3 is 2.42 bits per heavy atom. The molecule has 0 unspecified atom stereocenters. The number of nitro groups is 1. The van der Waals surface area contributed by atoms with Gasteiger partial charge in [0.05, 0.1) is 21.3 Å². The van der Waals surface area contributed by atoms with E-state index in [0.29, 0.717) is 23.0 Å². The third-order valence-electron chi connectivity index (χ3n) is 5.61. The summed E-state index contributed by atoms with van der Waals surface area (Å²) >= 11 is 0. The van der Waals surface area contributed by atoms with E-state index >= 15 is 0 Å². The van der Waals surface area contributed by atoms with Gasteiger partial charge < -0.3 is 4.90 Å². The Kier molecular flexibility index (Phi) is 4.91. The first-order valence-corrected chi connectivity index (χ1v) is 9.53. The maximum absolute atomic E-state index is 13.4. The molecule has 5 rings (SSSR count). The van der Waals surface area contributed by atoms with Crippen molar-refractivity contribution in [1.82, 2.24) is 13.9 Å². The number of benzene rings is 3. The van der Waals surface area contributed by atoms with E-state index in [1.54, 1.807) is 0 Å². The van der Waals surface area contributed by atoms with Crippen LogP contribution in [0, 0.1) is 10.1 Å². The monoisotopic (exact) mass is 438 g/mol. The normalized spacial score (nSPS) is 11.7. The highest BCUT2D eigenvalue weighted by Gasteiger charge is 2.23. The molecule has 0 saturated carbocycles. The minimum Gasteiger partial charge on any atom is -0.308 e. The van der Waals surface area contributed by atoms with Crippen molar-refractivity contribution in [3.05, 3.63) is 79.5 Å². The van der Waals surface area contributed by atoms with Gasteiger partial charge in [-0.25, -0.2) is 4.79 Å².